The van der Waals surface area contributed by atoms with E-state index >= 15 is 0 Å². The van der Waals surface area contributed by atoms with Crippen molar-refractivity contribution < 1.29 is 22.7 Å². The largest absolute Gasteiger partial charge is 0.573 e. The number of ether oxygens (including phenoxy) is 1. The number of rotatable bonds is 4. The maximum Gasteiger partial charge on any atom is 0.573 e. The summed E-state index contributed by atoms with van der Waals surface area (Å²) in [7, 11) is 0. The maximum absolute atomic E-state index is 13.2. The van der Waals surface area contributed by atoms with Crippen molar-refractivity contribution in [1.82, 2.24) is 14.8 Å². The minimum absolute atomic E-state index is 0.00223. The van der Waals surface area contributed by atoms with Crippen LogP contribution >= 0.6 is 11.3 Å². The van der Waals surface area contributed by atoms with Crippen LogP contribution in [0.3, 0.4) is 0 Å². The monoisotopic (exact) mass is 467 g/mol. The average molecular weight is 468 g/mol. The molecule has 0 N–H and O–H groups in total. The van der Waals surface area contributed by atoms with Crippen LogP contribution < -0.4 is 4.74 Å². The summed E-state index contributed by atoms with van der Waals surface area (Å²) in [6.45, 7) is 5.64. The number of hydrogen-bond donors (Lipinski definition) is 0. The Hall–Kier alpha value is -2.13. The number of halogens is 3. The molecule has 0 aliphatic carbocycles. The van der Waals surface area contributed by atoms with Crippen LogP contribution in [0.15, 0.2) is 24.3 Å². The minimum Gasteiger partial charge on any atom is -0.406 e. The first-order valence-electron chi connectivity index (χ1n) is 11.2. The maximum atomic E-state index is 13.2. The number of alkyl halides is 3. The molecule has 32 heavy (non-hydrogen) atoms. The number of piperidine rings is 1. The lowest BCUT2D eigenvalue weighted by atomic mass is 10.0. The predicted octanol–water partition coefficient (Wildman–Crippen LogP) is 5.50. The first kappa shape index (κ1) is 23.0. The van der Waals surface area contributed by atoms with Crippen LogP contribution in [0.2, 0.25) is 0 Å². The molecule has 2 fully saturated rings. The van der Waals surface area contributed by atoms with Gasteiger partial charge >= 0.3 is 6.36 Å². The van der Waals surface area contributed by atoms with E-state index in [1.807, 2.05) is 4.90 Å². The fourth-order valence-corrected chi connectivity index (χ4v) is 5.60. The fourth-order valence-electron chi connectivity index (χ4n) is 4.56. The molecule has 2 saturated heterocycles. The number of aromatic nitrogens is 1. The molecule has 3 heterocycles. The van der Waals surface area contributed by atoms with Gasteiger partial charge in [-0.25, -0.2) is 4.98 Å². The second-order valence-electron chi connectivity index (χ2n) is 8.48. The molecule has 0 atom stereocenters. The first-order valence-corrected chi connectivity index (χ1v) is 12.0. The van der Waals surface area contributed by atoms with Crippen molar-refractivity contribution in [3.05, 3.63) is 34.8 Å². The van der Waals surface area contributed by atoms with E-state index in [1.165, 1.54) is 74.4 Å². The van der Waals surface area contributed by atoms with Gasteiger partial charge in [-0.05, 0) is 70.0 Å². The first-order chi connectivity index (χ1) is 15.3. The van der Waals surface area contributed by atoms with Crippen molar-refractivity contribution in [2.75, 3.05) is 26.2 Å². The second-order valence-corrected chi connectivity index (χ2v) is 9.48. The summed E-state index contributed by atoms with van der Waals surface area (Å²) in [6, 6.07) is 6.14. The number of aryl methyl sites for hydroxylation is 1. The van der Waals surface area contributed by atoms with Gasteiger partial charge in [0.15, 0.2) is 0 Å². The Morgan fingerprint density at radius 1 is 1.03 bits per heavy atom. The minimum atomic E-state index is -4.72. The number of carbonyl (C=O) groups excluding carboxylic acids is 1. The molecule has 0 bridgehead atoms. The van der Waals surface area contributed by atoms with Crippen molar-refractivity contribution >= 4 is 17.2 Å². The zero-order valence-electron chi connectivity index (χ0n) is 18.2. The van der Waals surface area contributed by atoms with E-state index in [9.17, 15) is 18.0 Å². The quantitative estimate of drug-likeness (QED) is 0.596. The number of carbonyl (C=O) groups is 1. The summed E-state index contributed by atoms with van der Waals surface area (Å²) in [5, 5.41) is 0.615. The Balaban J connectivity index is 1.39. The number of hydrogen-bond acceptors (Lipinski definition) is 5. The van der Waals surface area contributed by atoms with Crippen molar-refractivity contribution in [1.29, 1.82) is 0 Å². The summed E-state index contributed by atoms with van der Waals surface area (Å²) in [4.78, 5) is 22.8. The van der Waals surface area contributed by atoms with Gasteiger partial charge in [0.2, 0.25) is 0 Å². The topological polar surface area (TPSA) is 45.7 Å². The molecular weight excluding hydrogens is 439 g/mol. The van der Waals surface area contributed by atoms with Crippen LogP contribution in [0.5, 0.6) is 5.75 Å². The van der Waals surface area contributed by atoms with Crippen LogP contribution in [0, 0.1) is 6.92 Å². The molecule has 2 aliphatic heterocycles. The molecular formula is C23H28F3N3O2S. The molecule has 1 aromatic heterocycles. The molecule has 9 heteroatoms. The van der Waals surface area contributed by atoms with E-state index in [1.54, 1.807) is 6.92 Å². The van der Waals surface area contributed by atoms with E-state index in [2.05, 4.69) is 14.6 Å². The fraction of sp³-hybridized carbons (Fsp3) is 0.565. The number of nitrogens with zero attached hydrogens (tertiary/aromatic N) is 3. The normalized spacial score (nSPS) is 19.1. The summed E-state index contributed by atoms with van der Waals surface area (Å²) >= 11 is 1.29. The molecule has 0 radical (unpaired) electrons. The lowest BCUT2D eigenvalue weighted by Gasteiger charge is -2.38. The molecule has 4 rings (SSSR count). The molecule has 1 amide bonds. The van der Waals surface area contributed by atoms with Gasteiger partial charge in [0.05, 0.1) is 5.69 Å². The van der Waals surface area contributed by atoms with Gasteiger partial charge < -0.3 is 14.5 Å². The van der Waals surface area contributed by atoms with Gasteiger partial charge in [0.25, 0.3) is 5.91 Å². The molecule has 5 nitrogen and oxygen atoms in total. The Morgan fingerprint density at radius 3 is 2.25 bits per heavy atom. The molecule has 2 aliphatic rings. The number of amides is 1. The summed E-state index contributed by atoms with van der Waals surface area (Å²) in [6.07, 6.45) is 2.45. The highest BCUT2D eigenvalue weighted by Gasteiger charge is 2.31. The predicted molar refractivity (Wildman–Crippen MR) is 118 cm³/mol. The zero-order chi connectivity index (χ0) is 22.7. The van der Waals surface area contributed by atoms with Crippen molar-refractivity contribution in [2.24, 2.45) is 0 Å². The summed E-state index contributed by atoms with van der Waals surface area (Å²) < 4.78 is 41.0. The number of benzene rings is 1. The highest BCUT2D eigenvalue weighted by molar-refractivity contribution is 7.17. The van der Waals surface area contributed by atoms with Crippen LogP contribution in [-0.2, 0) is 0 Å². The van der Waals surface area contributed by atoms with E-state index in [4.69, 9.17) is 0 Å². The van der Waals surface area contributed by atoms with Gasteiger partial charge in [-0.3, -0.25) is 4.79 Å². The molecule has 1 aromatic carbocycles. The van der Waals surface area contributed by atoms with Crippen LogP contribution in [0.4, 0.5) is 13.2 Å². The number of likely N-dealkylation sites (tertiary alicyclic amines) is 2. The molecule has 0 spiro atoms. The van der Waals surface area contributed by atoms with Gasteiger partial charge in [0, 0.05) is 24.7 Å². The molecule has 0 unspecified atom stereocenters. The smallest absolute Gasteiger partial charge is 0.406 e. The third-order valence-electron chi connectivity index (χ3n) is 6.23. The van der Waals surface area contributed by atoms with Crippen LogP contribution in [0.1, 0.15) is 53.9 Å². The Morgan fingerprint density at radius 2 is 1.66 bits per heavy atom. The highest BCUT2D eigenvalue weighted by atomic mass is 32.1. The Kier molecular flexibility index (Phi) is 7.05. The van der Waals surface area contributed by atoms with Crippen molar-refractivity contribution in [3.8, 4) is 16.3 Å². The van der Waals surface area contributed by atoms with Crippen molar-refractivity contribution in [2.45, 2.75) is 57.9 Å². The standard InChI is InChI=1S/C23H28F3N3O2S/c1-16-20(32-21(27-16)17-6-8-19(9-7-17)31-23(24,25)26)22(30)29-14-10-18(11-15-29)28-12-4-2-3-5-13-28/h6-9,18H,2-5,10-15H2,1H3. The molecule has 2 aromatic rings. The van der Waals surface area contributed by atoms with Gasteiger partial charge in [-0.2, -0.15) is 0 Å². The second kappa shape index (κ2) is 9.79. The van der Waals surface area contributed by atoms with Gasteiger partial charge in [0.1, 0.15) is 15.6 Å². The van der Waals surface area contributed by atoms with Gasteiger partial charge in [-0.1, -0.05) is 12.8 Å². The third-order valence-corrected chi connectivity index (χ3v) is 7.43. The SMILES string of the molecule is Cc1nc(-c2ccc(OC(F)(F)F)cc2)sc1C(=O)N1CCC(N2CCCCCC2)CC1. The number of thiazole rings is 1. The highest BCUT2D eigenvalue weighted by Crippen LogP contribution is 2.32. The summed E-state index contributed by atoms with van der Waals surface area (Å²) in [5.41, 5.74) is 1.31. The third kappa shape index (κ3) is 5.61. The zero-order valence-corrected chi connectivity index (χ0v) is 19.0. The Labute approximate surface area is 190 Å². The lowest BCUT2D eigenvalue weighted by molar-refractivity contribution is -0.274. The average Bonchev–Trinajstić information content (AvgIpc) is 2.97. The Bertz CT molecular complexity index is 914. The van der Waals surface area contributed by atoms with E-state index in [0.29, 0.717) is 27.2 Å². The van der Waals surface area contributed by atoms with Crippen molar-refractivity contribution in [3.63, 3.8) is 0 Å². The van der Waals surface area contributed by atoms with E-state index in [-0.39, 0.29) is 11.7 Å². The molecule has 0 saturated carbocycles. The van der Waals surface area contributed by atoms with Crippen LogP contribution in [0.25, 0.3) is 10.6 Å². The van der Waals surface area contributed by atoms with Crippen LogP contribution in [-0.4, -0.2) is 59.3 Å². The van der Waals surface area contributed by atoms with Gasteiger partial charge in [-0.15, -0.1) is 24.5 Å². The lowest BCUT2D eigenvalue weighted by Crippen LogP contribution is -2.47. The molecule has 174 valence electrons. The van der Waals surface area contributed by atoms with E-state index < -0.39 is 6.36 Å². The van der Waals surface area contributed by atoms with E-state index in [0.717, 1.165) is 25.9 Å². The summed E-state index contributed by atoms with van der Waals surface area (Å²) in [5.74, 6) is -0.282.